The zero-order chi connectivity index (χ0) is 25.1. The number of imidazole rings is 1. The van der Waals surface area contributed by atoms with Gasteiger partial charge in [-0.3, -0.25) is 24.3 Å². The number of aromatic nitrogens is 2. The summed E-state index contributed by atoms with van der Waals surface area (Å²) >= 11 is 0. The lowest BCUT2D eigenvalue weighted by molar-refractivity contribution is -0.217. The lowest BCUT2D eigenvalue weighted by atomic mass is 10.0. The number of carbonyl (C=O) groups is 3. The van der Waals surface area contributed by atoms with E-state index in [1.54, 1.807) is 5.32 Å². The molecule has 184 valence electrons. The molecule has 2 heterocycles. The van der Waals surface area contributed by atoms with Crippen LogP contribution in [0.5, 0.6) is 0 Å². The van der Waals surface area contributed by atoms with Crippen molar-refractivity contribution in [3.63, 3.8) is 0 Å². The lowest BCUT2D eigenvalue weighted by Gasteiger charge is -2.32. The summed E-state index contributed by atoms with van der Waals surface area (Å²) in [6, 6.07) is 1.29. The van der Waals surface area contributed by atoms with Gasteiger partial charge in [0.05, 0.1) is 11.1 Å². The van der Waals surface area contributed by atoms with Crippen LogP contribution in [0.2, 0.25) is 0 Å². The number of nitrogens with zero attached hydrogens (tertiary/aromatic N) is 2. The number of benzene rings is 1. The highest BCUT2D eigenvalue weighted by molar-refractivity contribution is 6.06. The highest BCUT2D eigenvalue weighted by Crippen LogP contribution is 2.46. The van der Waals surface area contributed by atoms with Crippen LogP contribution < -0.4 is 10.6 Å². The predicted octanol–water partition coefficient (Wildman–Crippen LogP) is 4.51. The predicted molar refractivity (Wildman–Crippen MR) is 107 cm³/mol. The number of fused-ring (bicyclic) bond motifs is 3. The zero-order valence-electron chi connectivity index (χ0n) is 17.9. The highest BCUT2D eigenvalue weighted by Gasteiger charge is 2.67. The van der Waals surface area contributed by atoms with Crippen molar-refractivity contribution in [1.29, 1.82) is 0 Å². The minimum absolute atomic E-state index is 0.182. The van der Waals surface area contributed by atoms with Crippen LogP contribution in [-0.4, -0.2) is 33.3 Å². The molecule has 1 aliphatic carbocycles. The molecule has 2 aliphatic rings. The Morgan fingerprint density at radius 1 is 1.18 bits per heavy atom. The number of hydrogen-bond acceptors (Lipinski definition) is 4. The number of halogens is 6. The first-order valence-corrected chi connectivity index (χ1v) is 10.6. The van der Waals surface area contributed by atoms with Crippen LogP contribution in [0.4, 0.5) is 32.3 Å². The molecule has 7 nitrogen and oxygen atoms in total. The lowest BCUT2D eigenvalue weighted by Crippen LogP contribution is -2.63. The Morgan fingerprint density at radius 2 is 1.82 bits per heavy atom. The third-order valence-electron chi connectivity index (χ3n) is 6.35. The van der Waals surface area contributed by atoms with Crippen LogP contribution in [0.1, 0.15) is 61.4 Å². The van der Waals surface area contributed by atoms with Crippen molar-refractivity contribution in [2.45, 2.75) is 63.5 Å². The number of ketones is 1. The van der Waals surface area contributed by atoms with Gasteiger partial charge in [0, 0.05) is 12.0 Å². The fourth-order valence-electron chi connectivity index (χ4n) is 4.65. The third kappa shape index (κ3) is 3.80. The van der Waals surface area contributed by atoms with Gasteiger partial charge in [0.1, 0.15) is 5.52 Å². The van der Waals surface area contributed by atoms with Crippen LogP contribution in [-0.2, 0) is 21.4 Å². The van der Waals surface area contributed by atoms with Gasteiger partial charge in [-0.05, 0) is 31.4 Å². The first kappa shape index (κ1) is 24.0. The molecule has 1 atom stereocenters. The Bertz CT molecular complexity index is 1180. The number of amides is 2. The molecule has 0 spiro atoms. The summed E-state index contributed by atoms with van der Waals surface area (Å²) in [5.74, 6) is -4.26. The Hall–Kier alpha value is -3.12. The molecule has 2 amide bonds. The normalized spacial score (nSPS) is 21.1. The fraction of sp³-hybridized carbons (Fsp3) is 0.524. The van der Waals surface area contributed by atoms with Crippen molar-refractivity contribution < 1.29 is 40.7 Å². The molecule has 1 aliphatic heterocycles. The fourth-order valence-corrected chi connectivity index (χ4v) is 4.65. The summed E-state index contributed by atoms with van der Waals surface area (Å²) in [6.07, 6.45) is -6.82. The molecular formula is C21H20F6N4O3. The molecule has 1 unspecified atom stereocenters. The Kier molecular flexibility index (Phi) is 5.64. The molecule has 0 radical (unpaired) electrons. The largest absolute Gasteiger partial charge is 0.440 e. The monoisotopic (exact) mass is 490 g/mol. The van der Waals surface area contributed by atoms with Gasteiger partial charge >= 0.3 is 12.4 Å². The van der Waals surface area contributed by atoms with Crippen LogP contribution in [0.3, 0.4) is 0 Å². The topological polar surface area (TPSA) is 93.1 Å². The number of nitrogens with one attached hydrogen (secondary N) is 2. The van der Waals surface area contributed by atoms with Crippen molar-refractivity contribution >= 4 is 34.6 Å². The van der Waals surface area contributed by atoms with Crippen molar-refractivity contribution in [2.24, 2.45) is 5.92 Å². The Labute approximate surface area is 188 Å². The van der Waals surface area contributed by atoms with Crippen molar-refractivity contribution in [1.82, 2.24) is 14.9 Å². The van der Waals surface area contributed by atoms with E-state index in [1.807, 2.05) is 5.32 Å². The molecule has 1 fully saturated rings. The van der Waals surface area contributed by atoms with Crippen molar-refractivity contribution in [2.75, 3.05) is 5.32 Å². The summed E-state index contributed by atoms with van der Waals surface area (Å²) in [7, 11) is 0. The van der Waals surface area contributed by atoms with E-state index in [0.717, 1.165) is 38.7 Å². The standard InChI is InChI=1S/C21H20F6N4O3/c1-10(32)12-8-13(20(22,23)24)16-14(9-12)31-18(28-16)29-17(34)19(31,21(25,26)27)30-15(33)7-6-11-4-2-3-5-11/h8-9,11H,2-7H2,1H3,(H,30,33)(H,28,29,34). The third-order valence-corrected chi connectivity index (χ3v) is 6.35. The number of Topliss-reactive ketones (excluding diaryl/α,β-unsaturated/α-hetero) is 1. The second-order valence-corrected chi connectivity index (χ2v) is 8.62. The minimum Gasteiger partial charge on any atom is -0.317 e. The van der Waals surface area contributed by atoms with Gasteiger partial charge in [0.2, 0.25) is 11.9 Å². The number of rotatable bonds is 5. The molecule has 0 bridgehead atoms. The first-order valence-electron chi connectivity index (χ1n) is 10.6. The van der Waals surface area contributed by atoms with E-state index in [0.29, 0.717) is 12.5 Å². The van der Waals surface area contributed by atoms with E-state index >= 15 is 0 Å². The molecule has 34 heavy (non-hydrogen) atoms. The van der Waals surface area contributed by atoms with Gasteiger partial charge in [-0.15, -0.1) is 0 Å². The average Bonchev–Trinajstić information content (AvgIpc) is 3.40. The molecule has 1 aromatic carbocycles. The van der Waals surface area contributed by atoms with Crippen molar-refractivity contribution in [3.05, 3.63) is 23.3 Å². The molecular weight excluding hydrogens is 470 g/mol. The second-order valence-electron chi connectivity index (χ2n) is 8.62. The maximum atomic E-state index is 14.4. The molecule has 1 aromatic heterocycles. The van der Waals surface area contributed by atoms with Gasteiger partial charge in [-0.1, -0.05) is 25.7 Å². The smallest absolute Gasteiger partial charge is 0.317 e. The second kappa shape index (κ2) is 7.98. The first-order chi connectivity index (χ1) is 15.8. The zero-order valence-corrected chi connectivity index (χ0v) is 17.9. The SMILES string of the molecule is CC(=O)c1cc(C(F)(F)F)c2nc3n(c2c1)C(NC(=O)CCC1CCCC1)(C(F)(F)F)C(=O)N3. The van der Waals surface area contributed by atoms with E-state index in [4.69, 9.17) is 0 Å². The van der Waals surface area contributed by atoms with Gasteiger partial charge in [-0.25, -0.2) is 4.98 Å². The summed E-state index contributed by atoms with van der Waals surface area (Å²) in [4.78, 5) is 40.6. The summed E-state index contributed by atoms with van der Waals surface area (Å²) in [5.41, 5.74) is -7.33. The van der Waals surface area contributed by atoms with Crippen LogP contribution in [0, 0.1) is 5.92 Å². The van der Waals surface area contributed by atoms with E-state index in [1.165, 1.54) is 0 Å². The van der Waals surface area contributed by atoms with E-state index in [2.05, 4.69) is 4.98 Å². The molecule has 2 aromatic rings. The summed E-state index contributed by atoms with van der Waals surface area (Å²) in [6.45, 7) is 0.952. The Morgan fingerprint density at radius 3 is 2.38 bits per heavy atom. The molecule has 13 heteroatoms. The average molecular weight is 490 g/mol. The van der Waals surface area contributed by atoms with E-state index in [-0.39, 0.29) is 16.9 Å². The van der Waals surface area contributed by atoms with Gasteiger partial charge < -0.3 is 5.32 Å². The van der Waals surface area contributed by atoms with Gasteiger partial charge in [0.15, 0.2) is 5.78 Å². The summed E-state index contributed by atoms with van der Waals surface area (Å²) in [5, 5.41) is 3.57. The number of alkyl halides is 6. The maximum Gasteiger partial charge on any atom is 0.440 e. The van der Waals surface area contributed by atoms with E-state index in [9.17, 15) is 40.7 Å². The number of carbonyl (C=O) groups excluding carboxylic acids is 3. The number of anilines is 1. The number of hydrogen-bond donors (Lipinski definition) is 2. The quantitative estimate of drug-likeness (QED) is 0.477. The minimum atomic E-state index is -5.44. The van der Waals surface area contributed by atoms with Crippen LogP contribution in [0.15, 0.2) is 12.1 Å². The molecule has 4 rings (SSSR count). The summed E-state index contributed by atoms with van der Waals surface area (Å²) < 4.78 is 84.4. The molecule has 1 saturated carbocycles. The van der Waals surface area contributed by atoms with Gasteiger partial charge in [-0.2, -0.15) is 26.3 Å². The highest BCUT2D eigenvalue weighted by atomic mass is 19.4. The van der Waals surface area contributed by atoms with Crippen molar-refractivity contribution in [3.8, 4) is 0 Å². The van der Waals surface area contributed by atoms with Crippen LogP contribution >= 0.6 is 0 Å². The Balaban J connectivity index is 1.86. The molecule has 2 N–H and O–H groups in total. The maximum absolute atomic E-state index is 14.4. The van der Waals surface area contributed by atoms with E-state index < -0.39 is 63.7 Å². The van der Waals surface area contributed by atoms with Crippen LogP contribution in [0.25, 0.3) is 11.0 Å². The molecule has 0 saturated heterocycles. The van der Waals surface area contributed by atoms with Gasteiger partial charge in [0.25, 0.3) is 11.6 Å².